The minimum atomic E-state index is -4.36. The van der Waals surface area contributed by atoms with Crippen LogP contribution in [0.4, 0.5) is 13.2 Å². The number of alkyl halides is 3. The number of hydrogen-bond acceptors (Lipinski definition) is 3. The fourth-order valence-corrected chi connectivity index (χ4v) is 3.56. The summed E-state index contributed by atoms with van der Waals surface area (Å²) in [5.41, 5.74) is 2.34. The zero-order valence-corrected chi connectivity index (χ0v) is 19.8. The summed E-state index contributed by atoms with van der Waals surface area (Å²) in [6.45, 7) is 2.64. The lowest BCUT2D eigenvalue weighted by Gasteiger charge is -2.14. The van der Waals surface area contributed by atoms with Gasteiger partial charge in [0.05, 0.1) is 18.6 Å². The molecule has 5 nitrogen and oxygen atoms in total. The van der Waals surface area contributed by atoms with Crippen LogP contribution in [0.25, 0.3) is 11.1 Å². The van der Waals surface area contributed by atoms with Crippen LogP contribution in [-0.2, 0) is 17.4 Å². The minimum Gasteiger partial charge on any atom is -0.493 e. The fourth-order valence-electron chi connectivity index (χ4n) is 3.56. The normalized spacial score (nSPS) is 12.1. The number of hydrogen-bond donors (Lipinski definition) is 2. The van der Waals surface area contributed by atoms with Gasteiger partial charge in [-0.1, -0.05) is 43.3 Å². The highest BCUT2D eigenvalue weighted by Gasteiger charge is 2.29. The van der Waals surface area contributed by atoms with Gasteiger partial charge in [0.15, 0.2) is 0 Å². The maximum Gasteiger partial charge on any atom is 0.416 e. The molecule has 1 atom stereocenters. The number of carboxylic acids is 1. The maximum absolute atomic E-state index is 12.8. The van der Waals surface area contributed by atoms with Crippen molar-refractivity contribution in [2.45, 2.75) is 32.4 Å². The summed E-state index contributed by atoms with van der Waals surface area (Å²) >= 11 is 0. The lowest BCUT2D eigenvalue weighted by atomic mass is 10.0. The van der Waals surface area contributed by atoms with Gasteiger partial charge in [0.25, 0.3) is 5.91 Å². The molecular weight excluding hydrogens is 471 g/mol. The molecule has 0 saturated heterocycles. The molecule has 0 aromatic heterocycles. The first-order valence-corrected chi connectivity index (χ1v) is 11.6. The molecule has 3 rings (SSSR count). The predicted octanol–water partition coefficient (Wildman–Crippen LogP) is 6.22. The molecule has 3 aromatic rings. The number of aryl methyl sites for hydroxylation is 1. The van der Waals surface area contributed by atoms with Crippen molar-refractivity contribution in [3.05, 3.63) is 89.5 Å². The molecule has 0 bridgehead atoms. The van der Waals surface area contributed by atoms with E-state index in [2.05, 4.69) is 12.2 Å². The average molecular weight is 500 g/mol. The van der Waals surface area contributed by atoms with Crippen LogP contribution in [0.3, 0.4) is 0 Å². The highest BCUT2D eigenvalue weighted by atomic mass is 19.4. The van der Waals surface area contributed by atoms with Gasteiger partial charge in [-0.15, -0.1) is 0 Å². The molecule has 0 radical (unpaired) electrons. The quantitative estimate of drug-likeness (QED) is 0.328. The van der Waals surface area contributed by atoms with E-state index < -0.39 is 17.7 Å². The Morgan fingerprint density at radius 1 is 0.972 bits per heavy atom. The van der Waals surface area contributed by atoms with Gasteiger partial charge in [0.1, 0.15) is 5.75 Å². The van der Waals surface area contributed by atoms with Crippen molar-refractivity contribution in [3.8, 4) is 16.9 Å². The average Bonchev–Trinajstić information content (AvgIpc) is 2.86. The number of benzene rings is 3. The van der Waals surface area contributed by atoms with Crippen LogP contribution in [0.15, 0.2) is 72.8 Å². The standard InChI is InChI=1S/C28H28F3NO4/c1-19(5-6-20-7-9-22(10-8-20)27(35)32-16-15-26(33)34)18-36-25-4-2-3-23(17-25)21-11-13-24(14-12-21)28(29,30)31/h2-4,7-14,17,19H,5-6,15-16,18H2,1H3,(H,32,35)(H,33,34). The van der Waals surface area contributed by atoms with Gasteiger partial charge in [-0.2, -0.15) is 13.2 Å². The molecular formula is C28H28F3NO4. The Labute approximate surface area is 207 Å². The van der Waals surface area contributed by atoms with Crippen molar-refractivity contribution < 1.29 is 32.6 Å². The van der Waals surface area contributed by atoms with E-state index in [-0.39, 0.29) is 24.8 Å². The zero-order chi connectivity index (χ0) is 26.1. The van der Waals surface area contributed by atoms with E-state index in [1.165, 1.54) is 12.1 Å². The minimum absolute atomic E-state index is 0.0840. The van der Waals surface area contributed by atoms with Crippen LogP contribution in [0.2, 0.25) is 0 Å². The molecule has 1 amide bonds. The SMILES string of the molecule is CC(CCc1ccc(C(=O)NCCC(=O)O)cc1)COc1cccc(-c2ccc(C(F)(F)F)cc2)c1. The smallest absolute Gasteiger partial charge is 0.416 e. The summed E-state index contributed by atoms with van der Waals surface area (Å²) in [4.78, 5) is 22.6. The zero-order valence-electron chi connectivity index (χ0n) is 19.8. The van der Waals surface area contributed by atoms with E-state index in [1.54, 1.807) is 12.1 Å². The maximum atomic E-state index is 12.8. The Bertz CT molecular complexity index is 1160. The van der Waals surface area contributed by atoms with E-state index in [0.29, 0.717) is 23.5 Å². The first-order valence-electron chi connectivity index (χ1n) is 11.6. The number of halogens is 3. The number of carboxylic acid groups (broad SMARTS) is 1. The van der Waals surface area contributed by atoms with Gasteiger partial charge in [-0.25, -0.2) is 0 Å². The molecule has 2 N–H and O–H groups in total. The van der Waals surface area contributed by atoms with E-state index in [0.717, 1.165) is 36.1 Å². The van der Waals surface area contributed by atoms with Crippen molar-refractivity contribution >= 4 is 11.9 Å². The lowest BCUT2D eigenvalue weighted by Crippen LogP contribution is -2.25. The van der Waals surface area contributed by atoms with Crippen molar-refractivity contribution in [2.24, 2.45) is 5.92 Å². The van der Waals surface area contributed by atoms with E-state index in [4.69, 9.17) is 9.84 Å². The van der Waals surface area contributed by atoms with E-state index in [9.17, 15) is 22.8 Å². The first kappa shape index (κ1) is 26.8. The monoisotopic (exact) mass is 499 g/mol. The van der Waals surface area contributed by atoms with Gasteiger partial charge in [-0.05, 0) is 71.8 Å². The number of aliphatic carboxylic acids is 1. The van der Waals surface area contributed by atoms with Gasteiger partial charge in [0, 0.05) is 12.1 Å². The second kappa shape index (κ2) is 12.2. The van der Waals surface area contributed by atoms with Gasteiger partial charge in [0.2, 0.25) is 0 Å². The summed E-state index contributed by atoms with van der Waals surface area (Å²) in [6.07, 6.45) is -2.82. The fraction of sp³-hybridized carbons (Fsp3) is 0.286. The van der Waals surface area contributed by atoms with Gasteiger partial charge in [-0.3, -0.25) is 9.59 Å². The number of carbonyl (C=O) groups is 2. The highest BCUT2D eigenvalue weighted by Crippen LogP contribution is 2.31. The van der Waals surface area contributed by atoms with Crippen LogP contribution in [-0.4, -0.2) is 30.1 Å². The molecule has 8 heteroatoms. The highest BCUT2D eigenvalue weighted by molar-refractivity contribution is 5.94. The largest absolute Gasteiger partial charge is 0.493 e. The third-order valence-electron chi connectivity index (χ3n) is 5.68. The third-order valence-corrected chi connectivity index (χ3v) is 5.68. The molecule has 0 spiro atoms. The molecule has 0 aliphatic rings. The van der Waals surface area contributed by atoms with Crippen molar-refractivity contribution in [1.29, 1.82) is 0 Å². The summed E-state index contributed by atoms with van der Waals surface area (Å²) < 4.78 is 44.3. The Balaban J connectivity index is 1.47. The van der Waals surface area contributed by atoms with Gasteiger partial charge >= 0.3 is 12.1 Å². The Morgan fingerprint density at radius 3 is 2.31 bits per heavy atom. The van der Waals surface area contributed by atoms with Crippen molar-refractivity contribution in [3.63, 3.8) is 0 Å². The number of amides is 1. The van der Waals surface area contributed by atoms with Crippen LogP contribution in [0, 0.1) is 5.92 Å². The Kier molecular flexibility index (Phi) is 9.11. The number of nitrogens with one attached hydrogen (secondary N) is 1. The Morgan fingerprint density at radius 2 is 1.67 bits per heavy atom. The van der Waals surface area contributed by atoms with Crippen molar-refractivity contribution in [2.75, 3.05) is 13.2 Å². The number of carbonyl (C=O) groups excluding carboxylic acids is 1. The number of rotatable bonds is 11. The van der Waals surface area contributed by atoms with Crippen LogP contribution in [0.5, 0.6) is 5.75 Å². The second-order valence-corrected chi connectivity index (χ2v) is 8.65. The third kappa shape index (κ3) is 8.15. The molecule has 0 aliphatic heterocycles. The van der Waals surface area contributed by atoms with Crippen LogP contribution in [0.1, 0.15) is 41.3 Å². The predicted molar refractivity (Wildman–Crippen MR) is 131 cm³/mol. The van der Waals surface area contributed by atoms with E-state index >= 15 is 0 Å². The molecule has 36 heavy (non-hydrogen) atoms. The van der Waals surface area contributed by atoms with E-state index in [1.807, 2.05) is 36.4 Å². The second-order valence-electron chi connectivity index (χ2n) is 8.65. The summed E-state index contributed by atoms with van der Waals surface area (Å²) in [7, 11) is 0. The molecule has 1 unspecified atom stereocenters. The molecule has 3 aromatic carbocycles. The van der Waals surface area contributed by atoms with Gasteiger partial charge < -0.3 is 15.2 Å². The molecule has 0 aliphatic carbocycles. The summed E-state index contributed by atoms with van der Waals surface area (Å²) in [6, 6.07) is 19.5. The summed E-state index contributed by atoms with van der Waals surface area (Å²) in [5, 5.41) is 11.2. The molecule has 190 valence electrons. The van der Waals surface area contributed by atoms with Crippen molar-refractivity contribution in [1.82, 2.24) is 5.32 Å². The molecule has 0 heterocycles. The summed E-state index contributed by atoms with van der Waals surface area (Å²) in [5.74, 6) is -0.366. The Hall–Kier alpha value is -3.81. The molecule has 0 saturated carbocycles. The van der Waals surface area contributed by atoms with Crippen LogP contribution < -0.4 is 10.1 Å². The lowest BCUT2D eigenvalue weighted by molar-refractivity contribution is -0.138. The van der Waals surface area contributed by atoms with Crippen LogP contribution >= 0.6 is 0 Å². The topological polar surface area (TPSA) is 75.6 Å². The number of ether oxygens (including phenoxy) is 1. The molecule has 0 fully saturated rings. The first-order chi connectivity index (χ1) is 17.1.